The normalized spacial score (nSPS) is 15.8. The standard InChI is InChI=1S/C16H17N3O2/c1-2-5-15(20)18-10-8-12(9-11-18)19-14-7-4-3-6-13(14)17-16(19)21/h3-4,6-7,12H,8-11H2,1H3,(H,17,21). The average molecular weight is 283 g/mol. The molecular weight excluding hydrogens is 266 g/mol. The predicted octanol–water partition coefficient (Wildman–Crippen LogP) is 1.52. The van der Waals surface area contributed by atoms with Crippen molar-refractivity contribution in [1.29, 1.82) is 0 Å². The van der Waals surface area contributed by atoms with Crippen molar-refractivity contribution in [2.24, 2.45) is 0 Å². The molecule has 0 bridgehead atoms. The Morgan fingerprint density at radius 2 is 2.00 bits per heavy atom. The minimum atomic E-state index is -0.123. The number of benzene rings is 1. The van der Waals surface area contributed by atoms with Crippen LogP contribution in [0.15, 0.2) is 29.1 Å². The van der Waals surface area contributed by atoms with E-state index < -0.39 is 0 Å². The molecule has 1 aliphatic heterocycles. The summed E-state index contributed by atoms with van der Waals surface area (Å²) in [6.45, 7) is 2.95. The number of amides is 1. The lowest BCUT2D eigenvalue weighted by Gasteiger charge is -2.31. The highest BCUT2D eigenvalue weighted by Gasteiger charge is 2.25. The van der Waals surface area contributed by atoms with Crippen LogP contribution in [0.25, 0.3) is 11.0 Å². The molecule has 5 nitrogen and oxygen atoms in total. The average Bonchev–Trinajstić information content (AvgIpc) is 2.83. The Hall–Kier alpha value is -2.48. The SMILES string of the molecule is CC#CC(=O)N1CCC(n2c(=O)[nH]c3ccccc32)CC1. The van der Waals surface area contributed by atoms with E-state index in [4.69, 9.17) is 0 Å². The van der Waals surface area contributed by atoms with Crippen LogP contribution < -0.4 is 5.69 Å². The van der Waals surface area contributed by atoms with Gasteiger partial charge in [-0.05, 0) is 37.8 Å². The van der Waals surface area contributed by atoms with E-state index in [2.05, 4.69) is 16.8 Å². The van der Waals surface area contributed by atoms with Crippen molar-refractivity contribution < 1.29 is 4.79 Å². The van der Waals surface area contributed by atoms with Crippen LogP contribution in [0.2, 0.25) is 0 Å². The minimum Gasteiger partial charge on any atom is -0.332 e. The number of carbonyl (C=O) groups is 1. The van der Waals surface area contributed by atoms with Crippen LogP contribution in [0.4, 0.5) is 0 Å². The third-order valence-electron chi connectivity index (χ3n) is 3.97. The number of nitrogens with zero attached hydrogens (tertiary/aromatic N) is 2. The molecule has 2 aromatic rings. The molecule has 1 aromatic heterocycles. The number of nitrogens with one attached hydrogen (secondary N) is 1. The number of aromatic nitrogens is 2. The Kier molecular flexibility index (Phi) is 3.53. The maximum atomic E-state index is 12.2. The molecule has 1 N–H and O–H groups in total. The molecule has 108 valence electrons. The Balaban J connectivity index is 1.83. The van der Waals surface area contributed by atoms with Gasteiger partial charge in [0.05, 0.1) is 11.0 Å². The van der Waals surface area contributed by atoms with Crippen LogP contribution in [0.1, 0.15) is 25.8 Å². The Morgan fingerprint density at radius 3 is 2.71 bits per heavy atom. The van der Waals surface area contributed by atoms with Gasteiger partial charge in [-0.25, -0.2) is 4.79 Å². The van der Waals surface area contributed by atoms with Gasteiger partial charge in [0.2, 0.25) is 0 Å². The Labute approximate surface area is 122 Å². The molecule has 5 heteroatoms. The fourth-order valence-corrected chi connectivity index (χ4v) is 2.95. The lowest BCUT2D eigenvalue weighted by molar-refractivity contribution is -0.126. The van der Waals surface area contributed by atoms with Crippen molar-refractivity contribution >= 4 is 16.9 Å². The number of likely N-dealkylation sites (tertiary alicyclic amines) is 1. The summed E-state index contributed by atoms with van der Waals surface area (Å²) in [4.78, 5) is 28.5. The quantitative estimate of drug-likeness (QED) is 0.807. The first kappa shape index (κ1) is 13.5. The highest BCUT2D eigenvalue weighted by Crippen LogP contribution is 2.24. The lowest BCUT2D eigenvalue weighted by Crippen LogP contribution is -2.39. The van der Waals surface area contributed by atoms with E-state index >= 15 is 0 Å². The van der Waals surface area contributed by atoms with Crippen molar-refractivity contribution in [3.05, 3.63) is 34.7 Å². The second-order valence-electron chi connectivity index (χ2n) is 5.22. The van der Waals surface area contributed by atoms with E-state index in [0.29, 0.717) is 13.1 Å². The van der Waals surface area contributed by atoms with E-state index in [1.165, 1.54) is 0 Å². The van der Waals surface area contributed by atoms with E-state index in [9.17, 15) is 9.59 Å². The molecule has 0 atom stereocenters. The van der Waals surface area contributed by atoms with Gasteiger partial charge in [0.1, 0.15) is 0 Å². The highest BCUT2D eigenvalue weighted by molar-refractivity contribution is 5.93. The zero-order chi connectivity index (χ0) is 14.8. The van der Waals surface area contributed by atoms with Crippen molar-refractivity contribution in [2.75, 3.05) is 13.1 Å². The van der Waals surface area contributed by atoms with Crippen LogP contribution in [0.5, 0.6) is 0 Å². The van der Waals surface area contributed by atoms with E-state index in [-0.39, 0.29) is 17.6 Å². The molecule has 0 saturated carbocycles. The molecule has 0 aliphatic carbocycles. The van der Waals surface area contributed by atoms with Crippen LogP contribution >= 0.6 is 0 Å². The van der Waals surface area contributed by atoms with Crippen molar-refractivity contribution in [3.63, 3.8) is 0 Å². The molecule has 1 amide bonds. The zero-order valence-corrected chi connectivity index (χ0v) is 11.9. The summed E-state index contributed by atoms with van der Waals surface area (Å²) in [7, 11) is 0. The molecule has 0 unspecified atom stereocenters. The summed E-state index contributed by atoms with van der Waals surface area (Å²) >= 11 is 0. The molecule has 1 aliphatic rings. The third-order valence-corrected chi connectivity index (χ3v) is 3.97. The van der Waals surface area contributed by atoms with Gasteiger partial charge in [0, 0.05) is 19.1 Å². The third kappa shape index (κ3) is 2.45. The number of para-hydroxylation sites is 2. The second-order valence-corrected chi connectivity index (χ2v) is 5.22. The summed E-state index contributed by atoms with van der Waals surface area (Å²) in [6, 6.07) is 7.83. The largest absolute Gasteiger partial charge is 0.332 e. The molecule has 1 saturated heterocycles. The van der Waals surface area contributed by atoms with E-state index in [0.717, 1.165) is 23.9 Å². The zero-order valence-electron chi connectivity index (χ0n) is 11.9. The van der Waals surface area contributed by atoms with Gasteiger partial charge in [-0.1, -0.05) is 18.1 Å². The highest BCUT2D eigenvalue weighted by atomic mass is 16.2. The van der Waals surface area contributed by atoms with Crippen molar-refractivity contribution in [3.8, 4) is 11.8 Å². The van der Waals surface area contributed by atoms with Gasteiger partial charge in [-0.3, -0.25) is 9.36 Å². The number of fused-ring (bicyclic) bond motifs is 1. The van der Waals surface area contributed by atoms with Gasteiger partial charge in [-0.15, -0.1) is 0 Å². The van der Waals surface area contributed by atoms with E-state index in [1.54, 1.807) is 11.8 Å². The first-order valence-electron chi connectivity index (χ1n) is 7.11. The summed E-state index contributed by atoms with van der Waals surface area (Å²) in [5, 5.41) is 0. The number of aromatic amines is 1. The van der Waals surface area contributed by atoms with Crippen LogP contribution in [-0.2, 0) is 4.79 Å². The summed E-state index contributed by atoms with van der Waals surface area (Å²) in [5.41, 5.74) is 1.72. The molecular formula is C16H17N3O2. The molecule has 1 fully saturated rings. The maximum absolute atomic E-state index is 12.2. The van der Waals surface area contributed by atoms with Crippen LogP contribution in [0, 0.1) is 11.8 Å². The van der Waals surface area contributed by atoms with Crippen molar-refractivity contribution in [1.82, 2.24) is 14.5 Å². The summed E-state index contributed by atoms with van der Waals surface area (Å²) in [6.07, 6.45) is 1.55. The van der Waals surface area contributed by atoms with Crippen molar-refractivity contribution in [2.45, 2.75) is 25.8 Å². The lowest BCUT2D eigenvalue weighted by atomic mass is 10.0. The summed E-state index contributed by atoms with van der Waals surface area (Å²) < 4.78 is 1.82. The first-order valence-corrected chi connectivity index (χ1v) is 7.11. The fourth-order valence-electron chi connectivity index (χ4n) is 2.95. The van der Waals surface area contributed by atoms with Gasteiger partial charge in [0.15, 0.2) is 0 Å². The molecule has 3 rings (SSSR count). The maximum Gasteiger partial charge on any atom is 0.326 e. The second kappa shape index (κ2) is 5.49. The number of rotatable bonds is 1. The number of H-pyrrole nitrogens is 1. The number of hydrogen-bond acceptors (Lipinski definition) is 2. The number of carbonyl (C=O) groups excluding carboxylic acids is 1. The van der Waals surface area contributed by atoms with Gasteiger partial charge in [-0.2, -0.15) is 0 Å². The van der Waals surface area contributed by atoms with Gasteiger partial charge < -0.3 is 9.88 Å². The van der Waals surface area contributed by atoms with E-state index in [1.807, 2.05) is 28.8 Å². The fraction of sp³-hybridized carbons (Fsp3) is 0.375. The smallest absolute Gasteiger partial charge is 0.326 e. The van der Waals surface area contributed by atoms with Gasteiger partial charge in [0.25, 0.3) is 5.91 Å². The Bertz CT molecular complexity index is 783. The van der Waals surface area contributed by atoms with Gasteiger partial charge >= 0.3 is 5.69 Å². The van der Waals surface area contributed by atoms with Crippen LogP contribution in [-0.4, -0.2) is 33.4 Å². The minimum absolute atomic E-state index is 0.0747. The van der Waals surface area contributed by atoms with Crippen LogP contribution in [0.3, 0.4) is 0 Å². The molecule has 1 aromatic carbocycles. The first-order chi connectivity index (χ1) is 10.2. The topological polar surface area (TPSA) is 58.1 Å². The Morgan fingerprint density at radius 1 is 1.29 bits per heavy atom. The number of hydrogen-bond donors (Lipinski definition) is 1. The molecule has 2 heterocycles. The number of piperidine rings is 1. The predicted molar refractivity (Wildman–Crippen MR) is 80.9 cm³/mol. The summed E-state index contributed by atoms with van der Waals surface area (Å²) in [5.74, 6) is 5.08. The molecule has 0 radical (unpaired) electrons. The number of imidazole rings is 1. The monoisotopic (exact) mass is 283 g/mol. The molecule has 0 spiro atoms. The molecule has 21 heavy (non-hydrogen) atoms.